The van der Waals surface area contributed by atoms with Crippen LogP contribution in [0.5, 0.6) is 0 Å². The van der Waals surface area contributed by atoms with Crippen LogP contribution in [-0.4, -0.2) is 22.5 Å². The molecule has 0 radical (unpaired) electrons. The lowest BCUT2D eigenvalue weighted by molar-refractivity contribution is -0.384. The minimum Gasteiger partial charge on any atom is -0.461 e. The molecular formula is C13H12N2O4. The third kappa shape index (κ3) is 2.47. The molecule has 0 unspecified atom stereocenters. The third-order valence-corrected chi connectivity index (χ3v) is 2.62. The first-order chi connectivity index (χ1) is 9.15. The molecule has 1 aromatic carbocycles. The van der Waals surface area contributed by atoms with E-state index in [0.717, 1.165) is 0 Å². The number of para-hydroxylation sites is 1. The molecular weight excluding hydrogens is 248 g/mol. The van der Waals surface area contributed by atoms with Gasteiger partial charge >= 0.3 is 5.97 Å². The molecule has 0 fully saturated rings. The van der Waals surface area contributed by atoms with E-state index in [-0.39, 0.29) is 18.0 Å². The zero-order valence-electron chi connectivity index (χ0n) is 10.3. The highest BCUT2D eigenvalue weighted by Gasteiger charge is 2.21. The van der Waals surface area contributed by atoms with E-state index in [2.05, 4.69) is 4.98 Å². The molecule has 0 aliphatic rings. The molecule has 6 nitrogen and oxygen atoms in total. The average Bonchev–Trinajstić information content (AvgIpc) is 2.88. The molecule has 0 atom stereocenters. The maximum Gasteiger partial charge on any atom is 0.355 e. The average molecular weight is 260 g/mol. The van der Waals surface area contributed by atoms with Crippen molar-refractivity contribution >= 4 is 11.7 Å². The smallest absolute Gasteiger partial charge is 0.355 e. The standard InChI is InChI=1S/C13H12N2O4/c1-2-19-13(16)12-10(7-8-14-12)9-5-3-4-6-11(9)15(17)18/h3-8,14H,2H2,1H3. The Balaban J connectivity index is 2.52. The van der Waals surface area contributed by atoms with Crippen LogP contribution in [0.4, 0.5) is 5.69 Å². The van der Waals surface area contributed by atoms with Crippen LogP contribution in [0.2, 0.25) is 0 Å². The molecule has 1 aromatic heterocycles. The van der Waals surface area contributed by atoms with E-state index in [4.69, 9.17) is 4.74 Å². The number of esters is 1. The number of H-pyrrole nitrogens is 1. The summed E-state index contributed by atoms with van der Waals surface area (Å²) < 4.78 is 4.91. The van der Waals surface area contributed by atoms with Crippen molar-refractivity contribution in [1.29, 1.82) is 0 Å². The minimum absolute atomic E-state index is 0.0485. The fraction of sp³-hybridized carbons (Fsp3) is 0.154. The van der Waals surface area contributed by atoms with Gasteiger partial charge in [-0.1, -0.05) is 12.1 Å². The lowest BCUT2D eigenvalue weighted by atomic mass is 10.0. The minimum atomic E-state index is -0.527. The Bertz CT molecular complexity index is 619. The summed E-state index contributed by atoms with van der Waals surface area (Å²) in [6.07, 6.45) is 1.55. The molecule has 6 heteroatoms. The van der Waals surface area contributed by atoms with E-state index in [1.54, 1.807) is 37.4 Å². The number of ether oxygens (including phenoxy) is 1. The van der Waals surface area contributed by atoms with Gasteiger partial charge in [-0.2, -0.15) is 0 Å². The Kier molecular flexibility index (Phi) is 3.61. The highest BCUT2D eigenvalue weighted by Crippen LogP contribution is 2.31. The van der Waals surface area contributed by atoms with Crippen molar-refractivity contribution in [3.8, 4) is 11.1 Å². The molecule has 2 aromatic rings. The number of hydrogen-bond acceptors (Lipinski definition) is 4. The van der Waals surface area contributed by atoms with Gasteiger partial charge in [0.1, 0.15) is 5.69 Å². The number of hydrogen-bond donors (Lipinski definition) is 1. The van der Waals surface area contributed by atoms with Gasteiger partial charge in [0.15, 0.2) is 0 Å². The molecule has 1 N–H and O–H groups in total. The highest BCUT2D eigenvalue weighted by molar-refractivity contribution is 5.97. The summed E-state index contributed by atoms with van der Waals surface area (Å²) in [6.45, 7) is 1.94. The number of aromatic nitrogens is 1. The van der Waals surface area contributed by atoms with Crippen LogP contribution >= 0.6 is 0 Å². The number of nitrogens with one attached hydrogen (secondary N) is 1. The maximum absolute atomic E-state index is 11.8. The number of aromatic amines is 1. The highest BCUT2D eigenvalue weighted by atomic mass is 16.6. The molecule has 0 amide bonds. The number of nitro benzene ring substituents is 1. The predicted molar refractivity (Wildman–Crippen MR) is 68.8 cm³/mol. The monoisotopic (exact) mass is 260 g/mol. The Morgan fingerprint density at radius 1 is 1.32 bits per heavy atom. The summed E-state index contributed by atoms with van der Waals surface area (Å²) in [5.41, 5.74) is 1.02. The Hall–Kier alpha value is -2.63. The van der Waals surface area contributed by atoms with E-state index >= 15 is 0 Å². The molecule has 1 heterocycles. The number of nitrogens with zero attached hydrogens (tertiary/aromatic N) is 1. The van der Waals surface area contributed by atoms with E-state index in [0.29, 0.717) is 11.1 Å². The first-order valence-electron chi connectivity index (χ1n) is 5.73. The zero-order chi connectivity index (χ0) is 13.8. The van der Waals surface area contributed by atoms with Gasteiger partial charge in [-0.25, -0.2) is 4.79 Å². The van der Waals surface area contributed by atoms with Gasteiger partial charge in [-0.3, -0.25) is 10.1 Å². The third-order valence-electron chi connectivity index (χ3n) is 2.62. The zero-order valence-corrected chi connectivity index (χ0v) is 10.3. The molecule has 0 aliphatic carbocycles. The number of nitro groups is 1. The van der Waals surface area contributed by atoms with Crippen molar-refractivity contribution in [3.05, 3.63) is 52.3 Å². The Labute approximate surface area is 109 Å². The van der Waals surface area contributed by atoms with Crippen LogP contribution < -0.4 is 0 Å². The second-order valence-electron chi connectivity index (χ2n) is 3.76. The van der Waals surface area contributed by atoms with Crippen LogP contribution in [0, 0.1) is 10.1 Å². The Morgan fingerprint density at radius 2 is 2.05 bits per heavy atom. The number of rotatable bonds is 4. The normalized spacial score (nSPS) is 10.2. The van der Waals surface area contributed by atoms with E-state index in [1.165, 1.54) is 6.07 Å². The molecule has 0 spiro atoms. The first-order valence-corrected chi connectivity index (χ1v) is 5.73. The Morgan fingerprint density at radius 3 is 2.74 bits per heavy atom. The van der Waals surface area contributed by atoms with Crippen molar-refractivity contribution < 1.29 is 14.5 Å². The number of benzene rings is 1. The second kappa shape index (κ2) is 5.34. The summed E-state index contributed by atoms with van der Waals surface area (Å²) in [6, 6.07) is 7.89. The van der Waals surface area contributed by atoms with Crippen LogP contribution in [0.3, 0.4) is 0 Å². The quantitative estimate of drug-likeness (QED) is 0.520. The number of carbonyl (C=O) groups is 1. The van der Waals surface area contributed by atoms with Crippen molar-refractivity contribution in [2.24, 2.45) is 0 Å². The van der Waals surface area contributed by atoms with Gasteiger partial charge < -0.3 is 9.72 Å². The van der Waals surface area contributed by atoms with Crippen molar-refractivity contribution in [1.82, 2.24) is 4.98 Å². The van der Waals surface area contributed by atoms with E-state index in [9.17, 15) is 14.9 Å². The fourth-order valence-electron chi connectivity index (χ4n) is 1.83. The van der Waals surface area contributed by atoms with Gasteiger partial charge in [0.2, 0.25) is 0 Å². The lowest BCUT2D eigenvalue weighted by Crippen LogP contribution is -2.06. The summed E-state index contributed by atoms with van der Waals surface area (Å²) >= 11 is 0. The lowest BCUT2D eigenvalue weighted by Gasteiger charge is -2.04. The van der Waals surface area contributed by atoms with Gasteiger partial charge in [-0.05, 0) is 19.1 Å². The van der Waals surface area contributed by atoms with E-state index in [1.807, 2.05) is 0 Å². The molecule has 19 heavy (non-hydrogen) atoms. The topological polar surface area (TPSA) is 85.2 Å². The molecule has 0 saturated carbocycles. The van der Waals surface area contributed by atoms with E-state index < -0.39 is 10.9 Å². The first kappa shape index (κ1) is 12.8. The van der Waals surface area contributed by atoms with Crippen LogP contribution in [0.25, 0.3) is 11.1 Å². The fourth-order valence-corrected chi connectivity index (χ4v) is 1.83. The molecule has 0 aliphatic heterocycles. The largest absolute Gasteiger partial charge is 0.461 e. The molecule has 0 bridgehead atoms. The van der Waals surface area contributed by atoms with Gasteiger partial charge in [0.05, 0.1) is 17.1 Å². The second-order valence-corrected chi connectivity index (χ2v) is 3.76. The SMILES string of the molecule is CCOC(=O)c1[nH]ccc1-c1ccccc1[N+](=O)[O-]. The van der Waals surface area contributed by atoms with Crippen molar-refractivity contribution in [3.63, 3.8) is 0 Å². The van der Waals surface area contributed by atoms with Crippen LogP contribution in [-0.2, 0) is 4.74 Å². The summed E-state index contributed by atoms with van der Waals surface area (Å²) in [7, 11) is 0. The van der Waals surface area contributed by atoms with Gasteiger partial charge in [0.25, 0.3) is 5.69 Å². The number of carbonyl (C=O) groups excluding carboxylic acids is 1. The van der Waals surface area contributed by atoms with Crippen LogP contribution in [0.15, 0.2) is 36.5 Å². The van der Waals surface area contributed by atoms with Crippen molar-refractivity contribution in [2.75, 3.05) is 6.61 Å². The van der Waals surface area contributed by atoms with Gasteiger partial charge in [-0.15, -0.1) is 0 Å². The molecule has 98 valence electrons. The van der Waals surface area contributed by atoms with Crippen molar-refractivity contribution in [2.45, 2.75) is 6.92 Å². The molecule has 0 saturated heterocycles. The molecule has 2 rings (SSSR count). The van der Waals surface area contributed by atoms with Gasteiger partial charge in [0, 0.05) is 17.8 Å². The van der Waals surface area contributed by atoms with Crippen LogP contribution in [0.1, 0.15) is 17.4 Å². The summed E-state index contributed by atoms with van der Waals surface area (Å²) in [5.74, 6) is -0.527. The maximum atomic E-state index is 11.8. The predicted octanol–water partition coefficient (Wildman–Crippen LogP) is 2.77. The summed E-state index contributed by atoms with van der Waals surface area (Å²) in [5, 5.41) is 11.0. The summed E-state index contributed by atoms with van der Waals surface area (Å²) in [4.78, 5) is 25.0.